The molecule has 0 radical (unpaired) electrons. The second-order valence-corrected chi connectivity index (χ2v) is 9.10. The number of likely N-dealkylation sites (tertiary alicyclic amines) is 1. The highest BCUT2D eigenvalue weighted by Crippen LogP contribution is 2.65. The van der Waals surface area contributed by atoms with Crippen molar-refractivity contribution < 1.29 is 19.1 Å². The monoisotopic (exact) mass is 413 g/mol. The number of benzene rings is 2. The Hall–Kier alpha value is -3.21. The largest absolute Gasteiger partial charge is 0.426 e. The van der Waals surface area contributed by atoms with Gasteiger partial charge in [-0.05, 0) is 53.4 Å². The molecule has 1 heterocycles. The van der Waals surface area contributed by atoms with E-state index in [4.69, 9.17) is 4.74 Å². The van der Waals surface area contributed by atoms with Gasteiger partial charge in [0.25, 0.3) is 0 Å². The van der Waals surface area contributed by atoms with Crippen LogP contribution in [0.2, 0.25) is 0 Å². The van der Waals surface area contributed by atoms with Crippen molar-refractivity contribution in [1.29, 1.82) is 0 Å². The van der Waals surface area contributed by atoms with Crippen molar-refractivity contribution in [3.05, 3.63) is 66.7 Å². The number of allylic oxidation sites excluding steroid dienone is 2. The van der Waals surface area contributed by atoms with Gasteiger partial charge in [-0.2, -0.15) is 0 Å². The van der Waals surface area contributed by atoms with Crippen LogP contribution in [0.5, 0.6) is 5.75 Å². The lowest BCUT2D eigenvalue weighted by atomic mass is 9.63. The molecule has 5 aliphatic rings. The molecule has 2 aromatic carbocycles. The number of ether oxygens (including phenoxy) is 1. The molecule has 0 aromatic heterocycles. The number of rotatable bonds is 5. The van der Waals surface area contributed by atoms with Gasteiger partial charge in [0.15, 0.2) is 0 Å². The third-order valence-electron chi connectivity index (χ3n) is 7.49. The molecule has 1 saturated heterocycles. The zero-order valence-corrected chi connectivity index (χ0v) is 17.0. The molecule has 0 unspecified atom stereocenters. The van der Waals surface area contributed by atoms with Gasteiger partial charge >= 0.3 is 5.97 Å². The van der Waals surface area contributed by atoms with Gasteiger partial charge in [-0.15, -0.1) is 0 Å². The van der Waals surface area contributed by atoms with Crippen LogP contribution in [0.1, 0.15) is 12.8 Å². The molecule has 2 saturated carbocycles. The van der Waals surface area contributed by atoms with E-state index in [0.717, 1.165) is 17.5 Å². The average molecular weight is 413 g/mol. The van der Waals surface area contributed by atoms with Gasteiger partial charge in [0.1, 0.15) is 5.75 Å². The highest BCUT2D eigenvalue weighted by molar-refractivity contribution is 6.06. The molecule has 2 amide bonds. The van der Waals surface area contributed by atoms with Crippen LogP contribution >= 0.6 is 0 Å². The fourth-order valence-electron chi connectivity index (χ4n) is 5.97. The summed E-state index contributed by atoms with van der Waals surface area (Å²) in [4.78, 5) is 39.6. The molecule has 4 aliphatic carbocycles. The zero-order chi connectivity index (χ0) is 21.1. The van der Waals surface area contributed by atoms with Crippen molar-refractivity contribution >= 4 is 17.8 Å². The van der Waals surface area contributed by atoms with Gasteiger partial charge < -0.3 is 4.74 Å². The van der Waals surface area contributed by atoms with Crippen LogP contribution in [-0.4, -0.2) is 29.2 Å². The van der Waals surface area contributed by atoms with E-state index in [1.807, 2.05) is 42.5 Å². The van der Waals surface area contributed by atoms with Gasteiger partial charge in [-0.1, -0.05) is 54.6 Å². The van der Waals surface area contributed by atoms with Gasteiger partial charge in [0.05, 0.1) is 18.3 Å². The van der Waals surface area contributed by atoms with E-state index in [-0.39, 0.29) is 48.5 Å². The maximum atomic E-state index is 13.0. The Balaban J connectivity index is 1.08. The second kappa shape index (κ2) is 6.91. The van der Waals surface area contributed by atoms with E-state index < -0.39 is 5.97 Å². The summed E-state index contributed by atoms with van der Waals surface area (Å²) in [6.07, 6.45) is 5.46. The summed E-state index contributed by atoms with van der Waals surface area (Å²) < 4.78 is 5.43. The number of amides is 2. The summed E-state index contributed by atoms with van der Waals surface area (Å²) in [5, 5.41) is 0. The van der Waals surface area contributed by atoms with E-state index in [2.05, 4.69) is 12.2 Å². The fourth-order valence-corrected chi connectivity index (χ4v) is 5.97. The molecule has 5 heteroatoms. The van der Waals surface area contributed by atoms with E-state index in [0.29, 0.717) is 17.6 Å². The molecule has 5 nitrogen and oxygen atoms in total. The Labute approximate surface area is 180 Å². The number of hydrogen-bond donors (Lipinski definition) is 0. The quantitative estimate of drug-likeness (QED) is 0.325. The number of nitrogens with zero attached hydrogens (tertiary/aromatic N) is 1. The van der Waals surface area contributed by atoms with E-state index in [1.165, 1.54) is 4.90 Å². The first-order valence-electron chi connectivity index (χ1n) is 11.0. The minimum atomic E-state index is -0.438. The average Bonchev–Trinajstić information content (AvgIpc) is 3.58. The van der Waals surface area contributed by atoms with Crippen LogP contribution in [-0.2, 0) is 14.4 Å². The van der Waals surface area contributed by atoms with Gasteiger partial charge in [0.2, 0.25) is 11.8 Å². The number of carbonyl (C=O) groups is 3. The summed E-state index contributed by atoms with van der Waals surface area (Å²) >= 11 is 0. The molecule has 31 heavy (non-hydrogen) atoms. The fraction of sp³-hybridized carbons (Fsp3) is 0.346. The standard InChI is InChI=1S/C26H23NO4/c28-22(31-17-8-6-16(7-9-17)15-4-2-1-3-5-15)12-13-27-25(29)23-18-10-11-19(21-14-20(18)21)24(23)26(27)30/h1-11,18-21,23-24H,12-14H2/t18-,19-,20-,21+,23+,24+/m0/s1. The minimum Gasteiger partial charge on any atom is -0.426 e. The summed E-state index contributed by atoms with van der Waals surface area (Å²) in [6, 6.07) is 17.3. The van der Waals surface area contributed by atoms with E-state index in [1.54, 1.807) is 12.1 Å². The zero-order valence-electron chi connectivity index (χ0n) is 17.0. The lowest BCUT2D eigenvalue weighted by Gasteiger charge is -2.37. The summed E-state index contributed by atoms with van der Waals surface area (Å²) in [5.41, 5.74) is 2.13. The third-order valence-corrected chi connectivity index (χ3v) is 7.49. The second-order valence-electron chi connectivity index (χ2n) is 9.10. The van der Waals surface area contributed by atoms with Crippen molar-refractivity contribution in [1.82, 2.24) is 4.90 Å². The Morgan fingerprint density at radius 1 is 0.839 bits per heavy atom. The molecular formula is C26H23NO4. The third kappa shape index (κ3) is 2.94. The topological polar surface area (TPSA) is 63.7 Å². The molecule has 1 aliphatic heterocycles. The van der Waals surface area contributed by atoms with Gasteiger partial charge in [-0.3, -0.25) is 19.3 Å². The Morgan fingerprint density at radius 2 is 1.42 bits per heavy atom. The summed E-state index contributed by atoms with van der Waals surface area (Å²) in [6.45, 7) is 0.0976. The van der Waals surface area contributed by atoms with E-state index in [9.17, 15) is 14.4 Å². The number of imide groups is 1. The van der Waals surface area contributed by atoms with Crippen LogP contribution in [0.15, 0.2) is 66.7 Å². The van der Waals surface area contributed by atoms with Crippen molar-refractivity contribution in [2.45, 2.75) is 12.8 Å². The number of esters is 1. The van der Waals surface area contributed by atoms with Crippen LogP contribution in [0.25, 0.3) is 11.1 Å². The van der Waals surface area contributed by atoms with Gasteiger partial charge in [-0.25, -0.2) is 0 Å². The maximum absolute atomic E-state index is 13.0. The predicted molar refractivity (Wildman–Crippen MR) is 114 cm³/mol. The SMILES string of the molecule is O=C(CCN1C(=O)[C@@H]2[C@H]3C=C[C@@H]([C@@H]4C[C@H]34)[C@H]2C1=O)Oc1ccc(-c2ccccc2)cc1. The lowest BCUT2D eigenvalue weighted by molar-refractivity contribution is -0.141. The van der Waals surface area contributed by atoms with Crippen LogP contribution in [0, 0.1) is 35.5 Å². The summed E-state index contributed by atoms with van der Waals surface area (Å²) in [5.74, 6) is 0.966. The normalized spacial score (nSPS) is 32.1. The number of carbonyl (C=O) groups excluding carboxylic acids is 3. The van der Waals surface area contributed by atoms with Crippen LogP contribution in [0.3, 0.4) is 0 Å². The van der Waals surface area contributed by atoms with E-state index >= 15 is 0 Å². The van der Waals surface area contributed by atoms with Crippen molar-refractivity contribution in [2.75, 3.05) is 6.54 Å². The minimum absolute atomic E-state index is 0.00692. The first-order valence-corrected chi connectivity index (χ1v) is 11.0. The molecule has 156 valence electrons. The highest BCUT2D eigenvalue weighted by atomic mass is 16.5. The molecule has 0 spiro atoms. The predicted octanol–water partition coefficient (Wildman–Crippen LogP) is 3.70. The Bertz CT molecular complexity index is 1050. The van der Waals surface area contributed by atoms with Crippen molar-refractivity contribution in [2.24, 2.45) is 35.5 Å². The molecular weight excluding hydrogens is 390 g/mol. The Kier molecular flexibility index (Phi) is 4.13. The summed E-state index contributed by atoms with van der Waals surface area (Å²) in [7, 11) is 0. The van der Waals surface area contributed by atoms with Gasteiger partial charge in [0, 0.05) is 6.54 Å². The molecule has 6 atom stereocenters. The van der Waals surface area contributed by atoms with Crippen molar-refractivity contribution in [3.63, 3.8) is 0 Å². The maximum Gasteiger partial charge on any atom is 0.312 e. The van der Waals surface area contributed by atoms with Crippen LogP contribution < -0.4 is 4.74 Å². The highest BCUT2D eigenvalue weighted by Gasteiger charge is 2.66. The first-order chi connectivity index (χ1) is 15.1. The Morgan fingerprint density at radius 3 is 2.03 bits per heavy atom. The molecule has 0 N–H and O–H groups in total. The smallest absolute Gasteiger partial charge is 0.312 e. The van der Waals surface area contributed by atoms with Crippen molar-refractivity contribution in [3.8, 4) is 16.9 Å². The van der Waals surface area contributed by atoms with Crippen LogP contribution in [0.4, 0.5) is 0 Å². The first kappa shape index (κ1) is 18.6. The number of hydrogen-bond acceptors (Lipinski definition) is 4. The molecule has 7 rings (SSSR count). The molecule has 3 fully saturated rings. The lowest BCUT2D eigenvalue weighted by Crippen LogP contribution is -2.40. The molecule has 2 bridgehead atoms. The molecule has 2 aromatic rings.